The van der Waals surface area contributed by atoms with E-state index in [0.717, 1.165) is 21.3 Å². The molecule has 0 atom stereocenters. The van der Waals surface area contributed by atoms with E-state index >= 15 is 0 Å². The fraction of sp³-hybridized carbons (Fsp3) is 0.200. The minimum atomic E-state index is -0.109. The van der Waals surface area contributed by atoms with Gasteiger partial charge in [-0.25, -0.2) is 10.1 Å². The van der Waals surface area contributed by atoms with E-state index in [1.807, 2.05) is 62.4 Å². The number of rotatable bonds is 8. The van der Waals surface area contributed by atoms with Crippen molar-refractivity contribution in [2.75, 3.05) is 17.0 Å². The quantitative estimate of drug-likeness (QED) is 0.194. The summed E-state index contributed by atoms with van der Waals surface area (Å²) in [4.78, 5) is 12.1. The number of hydrazone groups is 1. The molecule has 0 fully saturated rings. The van der Waals surface area contributed by atoms with E-state index in [0.29, 0.717) is 11.7 Å². The molecule has 0 spiro atoms. The molecule has 1 heterocycles. The van der Waals surface area contributed by atoms with Crippen LogP contribution in [0, 0.1) is 6.92 Å². The van der Waals surface area contributed by atoms with Crippen LogP contribution in [0.3, 0.4) is 0 Å². The summed E-state index contributed by atoms with van der Waals surface area (Å²) in [7, 11) is 0. The van der Waals surface area contributed by atoms with Gasteiger partial charge in [0, 0.05) is 11.0 Å². The fourth-order valence-electron chi connectivity index (χ4n) is 2.43. The van der Waals surface area contributed by atoms with Crippen LogP contribution < -0.4 is 16.6 Å². The molecule has 3 rings (SSSR count). The molecule has 2 aromatic carbocycles. The summed E-state index contributed by atoms with van der Waals surface area (Å²) in [5, 5.41) is 15.6. The van der Waals surface area contributed by atoms with E-state index in [1.165, 1.54) is 22.0 Å². The first-order valence-electron chi connectivity index (χ1n) is 9.14. The number of nitrogens with zero attached hydrogens (tertiary/aromatic N) is 4. The summed E-state index contributed by atoms with van der Waals surface area (Å²) in [6.07, 6.45) is 0. The Balaban J connectivity index is 1.50. The highest BCUT2D eigenvalue weighted by Crippen LogP contribution is 2.17. The number of aryl methyl sites for hydroxylation is 1. The third kappa shape index (κ3) is 6.07. The highest BCUT2D eigenvalue weighted by Gasteiger charge is 2.12. The van der Waals surface area contributed by atoms with E-state index in [-0.39, 0.29) is 17.6 Å². The lowest BCUT2D eigenvalue weighted by atomic mass is 10.1. The monoisotopic (exact) mass is 487 g/mol. The molecule has 0 aliphatic heterocycles. The van der Waals surface area contributed by atoms with Crippen LogP contribution in [-0.4, -0.2) is 32.2 Å². The van der Waals surface area contributed by atoms with Gasteiger partial charge in [0.15, 0.2) is 0 Å². The summed E-state index contributed by atoms with van der Waals surface area (Å²) in [6.45, 7) is 4.38. The summed E-state index contributed by atoms with van der Waals surface area (Å²) >= 11 is 4.61. The minimum absolute atomic E-state index is 0.109. The van der Waals surface area contributed by atoms with Gasteiger partial charge in [-0.2, -0.15) is 5.10 Å². The Morgan fingerprint density at radius 3 is 2.57 bits per heavy atom. The molecule has 30 heavy (non-hydrogen) atoms. The van der Waals surface area contributed by atoms with Gasteiger partial charge in [0.1, 0.15) is 0 Å². The topological polar surface area (TPSA) is 110 Å². The Hall–Kier alpha value is -2.85. The molecular weight excluding hydrogens is 466 g/mol. The predicted molar refractivity (Wildman–Crippen MR) is 124 cm³/mol. The van der Waals surface area contributed by atoms with E-state index in [9.17, 15) is 4.79 Å². The first-order chi connectivity index (χ1) is 14.4. The lowest BCUT2D eigenvalue weighted by Crippen LogP contribution is -2.25. The Labute approximate surface area is 187 Å². The maximum atomic E-state index is 12.1. The van der Waals surface area contributed by atoms with Crippen molar-refractivity contribution in [2.45, 2.75) is 25.5 Å². The number of amides is 1. The molecule has 3 aromatic rings. The van der Waals surface area contributed by atoms with Crippen molar-refractivity contribution in [1.82, 2.24) is 20.2 Å². The first-order valence-corrected chi connectivity index (χ1v) is 10.9. The second-order valence-electron chi connectivity index (χ2n) is 6.54. The van der Waals surface area contributed by atoms with Crippen molar-refractivity contribution in [3.63, 3.8) is 0 Å². The van der Waals surface area contributed by atoms with E-state index in [2.05, 4.69) is 42.0 Å². The molecular formula is C20H22BrN7OS. The number of hydrogen-bond donors (Lipinski definition) is 3. The molecule has 0 saturated heterocycles. The molecule has 1 aromatic heterocycles. The fourth-order valence-corrected chi connectivity index (χ4v) is 3.38. The number of halogens is 1. The Morgan fingerprint density at radius 2 is 1.87 bits per heavy atom. The van der Waals surface area contributed by atoms with E-state index in [1.54, 1.807) is 0 Å². The zero-order chi connectivity index (χ0) is 21.5. The highest BCUT2D eigenvalue weighted by atomic mass is 79.9. The van der Waals surface area contributed by atoms with Gasteiger partial charge in [-0.1, -0.05) is 69.7 Å². The van der Waals surface area contributed by atoms with E-state index in [4.69, 9.17) is 5.84 Å². The van der Waals surface area contributed by atoms with Gasteiger partial charge in [0.2, 0.25) is 11.1 Å². The van der Waals surface area contributed by atoms with Gasteiger partial charge in [-0.3, -0.25) is 4.79 Å². The van der Waals surface area contributed by atoms with Crippen molar-refractivity contribution >= 4 is 45.3 Å². The SMILES string of the molecule is C/C(=N\Nc1nnc(SCC(=O)NCc2ccc(C)cc2)n1N)c1ccc(Br)cc1. The van der Waals surface area contributed by atoms with Crippen LogP contribution in [0.1, 0.15) is 23.6 Å². The van der Waals surface area contributed by atoms with Crippen LogP contribution >= 0.6 is 27.7 Å². The normalized spacial score (nSPS) is 11.4. The van der Waals surface area contributed by atoms with Gasteiger partial charge in [0.25, 0.3) is 5.95 Å². The molecule has 0 unspecified atom stereocenters. The maximum absolute atomic E-state index is 12.1. The molecule has 0 aliphatic rings. The summed E-state index contributed by atoms with van der Waals surface area (Å²) in [5.41, 5.74) is 6.78. The smallest absolute Gasteiger partial charge is 0.264 e. The third-order valence-electron chi connectivity index (χ3n) is 4.19. The number of hydrogen-bond acceptors (Lipinski definition) is 7. The summed E-state index contributed by atoms with van der Waals surface area (Å²) in [5.74, 6) is 6.37. The van der Waals surface area contributed by atoms with Crippen molar-refractivity contribution < 1.29 is 4.79 Å². The first kappa shape index (κ1) is 21.8. The van der Waals surface area contributed by atoms with Gasteiger partial charge in [-0.05, 0) is 37.1 Å². The number of carbonyl (C=O) groups excluding carboxylic acids is 1. The Kier molecular flexibility index (Phi) is 7.47. The molecule has 0 aliphatic carbocycles. The second-order valence-corrected chi connectivity index (χ2v) is 8.40. The van der Waals surface area contributed by atoms with Crippen molar-refractivity contribution in [3.05, 3.63) is 69.7 Å². The van der Waals surface area contributed by atoms with Crippen molar-refractivity contribution in [1.29, 1.82) is 0 Å². The molecule has 8 nitrogen and oxygen atoms in total. The molecule has 1 amide bonds. The zero-order valence-corrected chi connectivity index (χ0v) is 19.0. The number of anilines is 1. The maximum Gasteiger partial charge on any atom is 0.264 e. The van der Waals surface area contributed by atoms with Gasteiger partial charge in [0.05, 0.1) is 11.5 Å². The number of aromatic nitrogens is 3. The number of nitrogens with one attached hydrogen (secondary N) is 2. The number of carbonyl (C=O) groups is 1. The van der Waals surface area contributed by atoms with Crippen LogP contribution in [0.25, 0.3) is 0 Å². The average molecular weight is 488 g/mol. The van der Waals surface area contributed by atoms with E-state index < -0.39 is 0 Å². The van der Waals surface area contributed by atoms with Gasteiger partial charge >= 0.3 is 0 Å². The van der Waals surface area contributed by atoms with Crippen LogP contribution in [0.4, 0.5) is 5.95 Å². The van der Waals surface area contributed by atoms with Crippen molar-refractivity contribution in [3.8, 4) is 0 Å². The van der Waals surface area contributed by atoms with Crippen LogP contribution in [0.15, 0.2) is 63.3 Å². The Morgan fingerprint density at radius 1 is 1.17 bits per heavy atom. The summed E-state index contributed by atoms with van der Waals surface area (Å²) < 4.78 is 2.27. The minimum Gasteiger partial charge on any atom is -0.351 e. The molecule has 156 valence electrons. The Bertz CT molecular complexity index is 1030. The predicted octanol–water partition coefficient (Wildman–Crippen LogP) is 3.31. The number of nitrogen functional groups attached to an aromatic ring is 1. The van der Waals surface area contributed by atoms with Crippen LogP contribution in [0.5, 0.6) is 0 Å². The molecule has 4 N–H and O–H groups in total. The highest BCUT2D eigenvalue weighted by molar-refractivity contribution is 9.10. The number of benzene rings is 2. The second kappa shape index (κ2) is 10.3. The largest absolute Gasteiger partial charge is 0.351 e. The molecule has 10 heteroatoms. The summed E-state index contributed by atoms with van der Waals surface area (Å²) in [6, 6.07) is 15.8. The molecule has 0 saturated carbocycles. The van der Waals surface area contributed by atoms with Crippen LogP contribution in [0.2, 0.25) is 0 Å². The molecule has 0 bridgehead atoms. The van der Waals surface area contributed by atoms with Gasteiger partial charge in [-0.15, -0.1) is 10.2 Å². The standard InChI is InChI=1S/C20H22BrN7OS/c1-13-3-5-15(6-4-13)11-23-18(29)12-30-20-27-26-19(28(20)22)25-24-14(2)16-7-9-17(21)10-8-16/h3-10H,11-12,22H2,1-2H3,(H,23,29)(H,25,26)/b24-14+. The lowest BCUT2D eigenvalue weighted by Gasteiger charge is -2.06. The zero-order valence-electron chi connectivity index (χ0n) is 16.6. The third-order valence-corrected chi connectivity index (χ3v) is 5.66. The lowest BCUT2D eigenvalue weighted by molar-refractivity contribution is -0.118. The average Bonchev–Trinajstić information content (AvgIpc) is 3.10. The molecule has 0 radical (unpaired) electrons. The van der Waals surface area contributed by atoms with Crippen molar-refractivity contribution in [2.24, 2.45) is 5.10 Å². The number of thioether (sulfide) groups is 1. The van der Waals surface area contributed by atoms with Gasteiger partial charge < -0.3 is 11.2 Å². The van der Waals surface area contributed by atoms with Crippen LogP contribution in [-0.2, 0) is 11.3 Å². The number of nitrogens with two attached hydrogens (primary N) is 1.